The van der Waals surface area contributed by atoms with Crippen LogP contribution in [-0.4, -0.2) is 18.0 Å². The molecule has 0 fully saturated rings. The average molecular weight is 224 g/mol. The molecule has 4 heteroatoms. The molecule has 1 N–H and O–H groups in total. The van der Waals surface area contributed by atoms with E-state index >= 15 is 0 Å². The van der Waals surface area contributed by atoms with Gasteiger partial charge >= 0.3 is 0 Å². The van der Waals surface area contributed by atoms with Crippen molar-refractivity contribution in [2.45, 2.75) is 19.5 Å². The fourth-order valence-electron chi connectivity index (χ4n) is 1.94. The summed E-state index contributed by atoms with van der Waals surface area (Å²) in [6, 6.07) is 7.67. The minimum Gasteiger partial charge on any atom is -0.342 e. The summed E-state index contributed by atoms with van der Waals surface area (Å²) in [5, 5.41) is 4.11. The summed E-state index contributed by atoms with van der Waals surface area (Å²) in [6.07, 6.45) is -0.598. The smallest absolute Gasteiger partial charge is 0.256 e. The molecule has 2 aromatic rings. The molecule has 1 aromatic carbocycles. The van der Waals surface area contributed by atoms with E-state index in [0.29, 0.717) is 0 Å². The highest BCUT2D eigenvalue weighted by molar-refractivity contribution is 5.83. The van der Waals surface area contributed by atoms with E-state index in [1.165, 1.54) is 0 Å². The van der Waals surface area contributed by atoms with E-state index in [0.717, 1.165) is 23.0 Å². The Balaban J connectivity index is 2.44. The van der Waals surface area contributed by atoms with E-state index in [-0.39, 0.29) is 6.54 Å². The van der Waals surface area contributed by atoms with Gasteiger partial charge in [-0.25, -0.2) is 8.78 Å². The maximum atomic E-state index is 12.3. The number of nitrogens with zero attached hydrogens (tertiary/aromatic N) is 1. The molecule has 0 aliphatic rings. The Labute approximate surface area is 92.9 Å². The predicted molar refractivity (Wildman–Crippen MR) is 60.7 cm³/mol. The van der Waals surface area contributed by atoms with Gasteiger partial charge in [0.2, 0.25) is 0 Å². The van der Waals surface area contributed by atoms with Crippen LogP contribution in [-0.2, 0) is 13.1 Å². The Morgan fingerprint density at radius 3 is 2.81 bits per heavy atom. The van der Waals surface area contributed by atoms with Gasteiger partial charge in [-0.15, -0.1) is 0 Å². The van der Waals surface area contributed by atoms with Gasteiger partial charge < -0.3 is 9.88 Å². The van der Waals surface area contributed by atoms with E-state index < -0.39 is 6.43 Å². The summed E-state index contributed by atoms with van der Waals surface area (Å²) < 4.78 is 26.3. The second-order valence-electron chi connectivity index (χ2n) is 3.74. The predicted octanol–water partition coefficient (Wildman–Crippen LogP) is 2.63. The van der Waals surface area contributed by atoms with Gasteiger partial charge in [-0.1, -0.05) is 12.1 Å². The van der Waals surface area contributed by atoms with Crippen LogP contribution in [0, 0.1) is 0 Å². The fourth-order valence-corrected chi connectivity index (χ4v) is 1.94. The van der Waals surface area contributed by atoms with Crippen molar-refractivity contribution in [1.82, 2.24) is 9.88 Å². The maximum absolute atomic E-state index is 12.3. The normalized spacial score (nSPS) is 11.5. The summed E-state index contributed by atoms with van der Waals surface area (Å²) in [5.41, 5.74) is 2.00. The van der Waals surface area contributed by atoms with Crippen LogP contribution >= 0.6 is 0 Å². The van der Waals surface area contributed by atoms with Crippen LogP contribution in [0.1, 0.15) is 5.56 Å². The van der Waals surface area contributed by atoms with Crippen LogP contribution in [0.5, 0.6) is 0 Å². The molecule has 0 aliphatic carbocycles. The lowest BCUT2D eigenvalue weighted by atomic mass is 10.1. The third kappa shape index (κ3) is 2.07. The number of alkyl halides is 2. The quantitative estimate of drug-likeness (QED) is 0.844. The molecule has 0 saturated carbocycles. The highest BCUT2D eigenvalue weighted by Crippen LogP contribution is 2.21. The molecule has 0 spiro atoms. The van der Waals surface area contributed by atoms with Gasteiger partial charge in [0.1, 0.15) is 0 Å². The van der Waals surface area contributed by atoms with E-state index in [1.54, 1.807) is 10.8 Å². The van der Waals surface area contributed by atoms with E-state index in [1.807, 2.05) is 31.3 Å². The average Bonchev–Trinajstić information content (AvgIpc) is 2.63. The summed E-state index contributed by atoms with van der Waals surface area (Å²) in [7, 11) is 1.87. The van der Waals surface area contributed by atoms with Crippen LogP contribution < -0.4 is 5.32 Å². The molecule has 1 aromatic heterocycles. The lowest BCUT2D eigenvalue weighted by molar-refractivity contribution is 0.128. The summed E-state index contributed by atoms with van der Waals surface area (Å²) in [4.78, 5) is 0. The molecular weight excluding hydrogens is 210 g/mol. The first-order valence-electron chi connectivity index (χ1n) is 5.22. The highest BCUT2D eigenvalue weighted by Gasteiger charge is 2.08. The number of rotatable bonds is 4. The third-order valence-corrected chi connectivity index (χ3v) is 2.61. The van der Waals surface area contributed by atoms with Gasteiger partial charge in [0.15, 0.2) is 0 Å². The number of hydrogen-bond acceptors (Lipinski definition) is 1. The van der Waals surface area contributed by atoms with Crippen LogP contribution in [0.3, 0.4) is 0 Å². The summed E-state index contributed by atoms with van der Waals surface area (Å²) in [6.45, 7) is 0.503. The minimum absolute atomic E-state index is 0.244. The topological polar surface area (TPSA) is 17.0 Å². The standard InChI is InChI=1S/C12H14F2N2/c1-15-7-9-3-2-4-11-10(9)5-6-16(11)8-12(13)14/h2-6,12,15H,7-8H2,1H3. The van der Waals surface area contributed by atoms with Crippen LogP contribution in [0.2, 0.25) is 0 Å². The molecule has 16 heavy (non-hydrogen) atoms. The van der Waals surface area contributed by atoms with Gasteiger partial charge in [-0.3, -0.25) is 0 Å². The number of fused-ring (bicyclic) bond motifs is 1. The van der Waals surface area contributed by atoms with Crippen molar-refractivity contribution in [1.29, 1.82) is 0 Å². The van der Waals surface area contributed by atoms with Crippen molar-refractivity contribution >= 4 is 10.9 Å². The van der Waals surface area contributed by atoms with E-state index in [2.05, 4.69) is 5.32 Å². The van der Waals surface area contributed by atoms with Gasteiger partial charge in [-0.05, 0) is 24.7 Å². The first kappa shape index (κ1) is 11.1. The Hall–Kier alpha value is -1.42. The first-order valence-corrected chi connectivity index (χ1v) is 5.22. The molecule has 0 atom stereocenters. The number of nitrogens with one attached hydrogen (secondary N) is 1. The Morgan fingerprint density at radius 2 is 2.12 bits per heavy atom. The van der Waals surface area contributed by atoms with E-state index in [4.69, 9.17) is 0 Å². The summed E-state index contributed by atoms with van der Waals surface area (Å²) in [5.74, 6) is 0. The van der Waals surface area contributed by atoms with E-state index in [9.17, 15) is 8.78 Å². The molecule has 0 amide bonds. The molecular formula is C12H14F2N2. The number of benzene rings is 1. The van der Waals surface area contributed by atoms with Gasteiger partial charge in [-0.2, -0.15) is 0 Å². The molecule has 0 aliphatic heterocycles. The molecule has 0 bridgehead atoms. The third-order valence-electron chi connectivity index (χ3n) is 2.61. The SMILES string of the molecule is CNCc1cccc2c1ccn2CC(F)F. The van der Waals surface area contributed by atoms with Crippen molar-refractivity contribution in [3.8, 4) is 0 Å². The molecule has 86 valence electrons. The fraction of sp³-hybridized carbons (Fsp3) is 0.333. The Morgan fingerprint density at radius 1 is 1.31 bits per heavy atom. The second-order valence-corrected chi connectivity index (χ2v) is 3.74. The van der Waals surface area contributed by atoms with Gasteiger partial charge in [0.25, 0.3) is 6.43 Å². The van der Waals surface area contributed by atoms with Crippen molar-refractivity contribution in [3.63, 3.8) is 0 Å². The summed E-state index contributed by atoms with van der Waals surface area (Å²) >= 11 is 0. The van der Waals surface area contributed by atoms with Crippen LogP contribution in [0.4, 0.5) is 8.78 Å². The lowest BCUT2D eigenvalue weighted by Gasteiger charge is -2.06. The second kappa shape index (κ2) is 4.61. The molecule has 2 nitrogen and oxygen atoms in total. The minimum atomic E-state index is -2.32. The van der Waals surface area contributed by atoms with Gasteiger partial charge in [0.05, 0.1) is 6.54 Å². The molecule has 0 radical (unpaired) electrons. The monoisotopic (exact) mass is 224 g/mol. The number of halogens is 2. The molecule has 0 unspecified atom stereocenters. The zero-order valence-electron chi connectivity index (χ0n) is 9.08. The zero-order valence-corrected chi connectivity index (χ0v) is 9.08. The highest BCUT2D eigenvalue weighted by atomic mass is 19.3. The van der Waals surface area contributed by atoms with Crippen LogP contribution in [0.25, 0.3) is 10.9 Å². The first-order chi connectivity index (χ1) is 7.72. The number of aromatic nitrogens is 1. The zero-order chi connectivity index (χ0) is 11.5. The van der Waals surface area contributed by atoms with Crippen molar-refractivity contribution < 1.29 is 8.78 Å². The largest absolute Gasteiger partial charge is 0.342 e. The number of hydrogen-bond donors (Lipinski definition) is 1. The molecule has 0 saturated heterocycles. The van der Waals surface area contributed by atoms with Crippen molar-refractivity contribution in [2.75, 3.05) is 7.05 Å². The van der Waals surface area contributed by atoms with Crippen LogP contribution in [0.15, 0.2) is 30.5 Å². The maximum Gasteiger partial charge on any atom is 0.256 e. The van der Waals surface area contributed by atoms with Crippen molar-refractivity contribution in [3.05, 3.63) is 36.0 Å². The van der Waals surface area contributed by atoms with Gasteiger partial charge in [0, 0.05) is 23.6 Å². The van der Waals surface area contributed by atoms with Crippen molar-refractivity contribution in [2.24, 2.45) is 0 Å². The Bertz CT molecular complexity index is 477. The molecule has 1 heterocycles. The Kier molecular flexibility index (Phi) is 3.19. The lowest BCUT2D eigenvalue weighted by Crippen LogP contribution is -2.06. The molecule has 2 rings (SSSR count).